The Hall–Kier alpha value is -3.60. The first-order valence-electron chi connectivity index (χ1n) is 10.0. The number of hydrogen-bond donors (Lipinski definition) is 2. The summed E-state index contributed by atoms with van der Waals surface area (Å²) in [6, 6.07) is 24.1. The fourth-order valence-electron chi connectivity index (χ4n) is 2.99. The van der Waals surface area contributed by atoms with E-state index in [0.717, 1.165) is 5.56 Å². The molecular formula is C25H26N2O3. The van der Waals surface area contributed by atoms with Crippen molar-refractivity contribution < 1.29 is 14.3 Å². The van der Waals surface area contributed by atoms with Crippen molar-refractivity contribution in [1.29, 1.82) is 0 Å². The first-order valence-corrected chi connectivity index (χ1v) is 10.0. The summed E-state index contributed by atoms with van der Waals surface area (Å²) in [4.78, 5) is 24.8. The van der Waals surface area contributed by atoms with Crippen LogP contribution >= 0.6 is 0 Å². The minimum Gasteiger partial charge on any atom is -0.491 e. The van der Waals surface area contributed by atoms with E-state index in [0.29, 0.717) is 35.5 Å². The van der Waals surface area contributed by atoms with E-state index in [1.54, 1.807) is 42.5 Å². The molecule has 0 aliphatic heterocycles. The number of carbonyl (C=O) groups excluding carboxylic acids is 2. The lowest BCUT2D eigenvalue weighted by Crippen LogP contribution is -2.14. The lowest BCUT2D eigenvalue weighted by Gasteiger charge is -2.12. The number of amides is 2. The number of ether oxygens (including phenoxy) is 1. The van der Waals surface area contributed by atoms with Gasteiger partial charge in [0.25, 0.3) is 5.91 Å². The minimum absolute atomic E-state index is 0.0329. The Bertz CT molecular complexity index is 1000. The molecule has 30 heavy (non-hydrogen) atoms. The Balaban J connectivity index is 1.58. The van der Waals surface area contributed by atoms with Crippen LogP contribution in [0.1, 0.15) is 36.2 Å². The molecule has 0 atom stereocenters. The van der Waals surface area contributed by atoms with Crippen molar-refractivity contribution in [1.82, 2.24) is 0 Å². The van der Waals surface area contributed by atoms with E-state index in [4.69, 9.17) is 4.74 Å². The summed E-state index contributed by atoms with van der Waals surface area (Å²) in [7, 11) is 0. The quantitative estimate of drug-likeness (QED) is 0.537. The zero-order chi connectivity index (χ0) is 21.3. The van der Waals surface area contributed by atoms with Crippen molar-refractivity contribution in [3.05, 3.63) is 90.0 Å². The maximum absolute atomic E-state index is 12.6. The number of aryl methyl sites for hydroxylation is 1. The molecule has 2 amide bonds. The number of nitrogens with one attached hydrogen (secondary N) is 2. The lowest BCUT2D eigenvalue weighted by molar-refractivity contribution is -0.116. The van der Waals surface area contributed by atoms with Crippen LogP contribution in [0.25, 0.3) is 0 Å². The Morgan fingerprint density at radius 3 is 2.27 bits per heavy atom. The number of anilines is 2. The van der Waals surface area contributed by atoms with Gasteiger partial charge < -0.3 is 15.4 Å². The van der Waals surface area contributed by atoms with E-state index in [2.05, 4.69) is 10.6 Å². The van der Waals surface area contributed by atoms with E-state index in [1.165, 1.54) is 0 Å². The normalized spacial score (nSPS) is 10.5. The van der Waals surface area contributed by atoms with Crippen LogP contribution < -0.4 is 15.4 Å². The molecule has 5 heteroatoms. The molecule has 3 aromatic rings. The first-order chi connectivity index (χ1) is 14.5. The monoisotopic (exact) mass is 402 g/mol. The summed E-state index contributed by atoms with van der Waals surface area (Å²) in [6.45, 7) is 3.87. The van der Waals surface area contributed by atoms with Crippen LogP contribution in [0.5, 0.6) is 5.75 Å². The maximum Gasteiger partial charge on any atom is 0.255 e. The van der Waals surface area contributed by atoms with Gasteiger partial charge in [0.1, 0.15) is 5.75 Å². The third kappa shape index (κ3) is 6.48. The molecular weight excluding hydrogens is 376 g/mol. The standard InChI is InChI=1S/C25H26N2O3/c1-18(2)30-23-13-6-10-20(16-23)25(29)27-22-12-7-11-21(17-22)26-24(28)15-14-19-8-4-3-5-9-19/h3-13,16-18H,14-15H2,1-2H3,(H,26,28)(H,27,29). The highest BCUT2D eigenvalue weighted by Crippen LogP contribution is 2.19. The van der Waals surface area contributed by atoms with Gasteiger partial charge in [-0.05, 0) is 62.2 Å². The third-order valence-corrected chi connectivity index (χ3v) is 4.36. The Morgan fingerprint density at radius 2 is 1.53 bits per heavy atom. The summed E-state index contributed by atoms with van der Waals surface area (Å²) in [5, 5.41) is 5.75. The van der Waals surface area contributed by atoms with E-state index >= 15 is 0 Å². The van der Waals surface area contributed by atoms with E-state index in [-0.39, 0.29) is 17.9 Å². The van der Waals surface area contributed by atoms with Gasteiger partial charge in [-0.25, -0.2) is 0 Å². The van der Waals surface area contributed by atoms with Gasteiger partial charge in [0.15, 0.2) is 0 Å². The van der Waals surface area contributed by atoms with E-state index in [1.807, 2.05) is 50.2 Å². The highest BCUT2D eigenvalue weighted by molar-refractivity contribution is 6.05. The van der Waals surface area contributed by atoms with Crippen LogP contribution in [0.4, 0.5) is 11.4 Å². The summed E-state index contributed by atoms with van der Waals surface area (Å²) in [5.74, 6) is 0.342. The van der Waals surface area contributed by atoms with Crippen molar-refractivity contribution in [3.8, 4) is 5.75 Å². The molecule has 0 aromatic heterocycles. The predicted molar refractivity (Wildman–Crippen MR) is 120 cm³/mol. The molecule has 0 unspecified atom stereocenters. The van der Waals surface area contributed by atoms with Crippen molar-refractivity contribution in [2.75, 3.05) is 10.6 Å². The summed E-state index contributed by atoms with van der Waals surface area (Å²) >= 11 is 0. The molecule has 154 valence electrons. The smallest absolute Gasteiger partial charge is 0.255 e. The van der Waals surface area contributed by atoms with Crippen molar-refractivity contribution >= 4 is 23.2 Å². The molecule has 0 aliphatic carbocycles. The predicted octanol–water partition coefficient (Wildman–Crippen LogP) is 5.30. The van der Waals surface area contributed by atoms with Crippen LogP contribution in [-0.4, -0.2) is 17.9 Å². The third-order valence-electron chi connectivity index (χ3n) is 4.36. The lowest BCUT2D eigenvalue weighted by atomic mass is 10.1. The van der Waals surface area contributed by atoms with Gasteiger partial charge in [-0.15, -0.1) is 0 Å². The SMILES string of the molecule is CC(C)Oc1cccc(C(=O)Nc2cccc(NC(=O)CCc3ccccc3)c2)c1. The minimum atomic E-state index is -0.239. The fraction of sp³-hybridized carbons (Fsp3) is 0.200. The number of hydrogen-bond acceptors (Lipinski definition) is 3. The molecule has 3 rings (SSSR count). The first kappa shape index (κ1) is 21.1. The molecule has 0 aliphatic rings. The van der Waals surface area contributed by atoms with Gasteiger partial charge in [-0.1, -0.05) is 42.5 Å². The topological polar surface area (TPSA) is 67.4 Å². The molecule has 0 fully saturated rings. The van der Waals surface area contributed by atoms with Crippen molar-refractivity contribution in [2.24, 2.45) is 0 Å². The van der Waals surface area contributed by atoms with Crippen molar-refractivity contribution in [3.63, 3.8) is 0 Å². The highest BCUT2D eigenvalue weighted by Gasteiger charge is 2.09. The summed E-state index contributed by atoms with van der Waals surface area (Å²) in [5.41, 5.74) is 2.88. The van der Waals surface area contributed by atoms with Gasteiger partial charge in [0.2, 0.25) is 5.91 Å². The maximum atomic E-state index is 12.6. The second kappa shape index (κ2) is 10.3. The molecule has 0 saturated carbocycles. The molecule has 0 heterocycles. The van der Waals surface area contributed by atoms with Gasteiger partial charge in [0.05, 0.1) is 6.10 Å². The molecule has 0 spiro atoms. The second-order valence-corrected chi connectivity index (χ2v) is 7.26. The number of rotatable bonds is 8. The zero-order valence-corrected chi connectivity index (χ0v) is 17.2. The molecule has 5 nitrogen and oxygen atoms in total. The number of benzene rings is 3. The van der Waals surface area contributed by atoms with Gasteiger partial charge in [0, 0.05) is 23.4 Å². The average molecular weight is 402 g/mol. The molecule has 0 bridgehead atoms. The van der Waals surface area contributed by atoms with Crippen LogP contribution in [-0.2, 0) is 11.2 Å². The van der Waals surface area contributed by atoms with Crippen LogP contribution in [0.15, 0.2) is 78.9 Å². The molecule has 0 saturated heterocycles. The van der Waals surface area contributed by atoms with Crippen LogP contribution in [0, 0.1) is 0 Å². The Kier molecular flexibility index (Phi) is 7.22. The van der Waals surface area contributed by atoms with Gasteiger partial charge in [-0.3, -0.25) is 9.59 Å². The number of carbonyl (C=O) groups is 2. The summed E-state index contributed by atoms with van der Waals surface area (Å²) in [6.07, 6.45) is 1.10. The average Bonchev–Trinajstić information content (AvgIpc) is 2.73. The Labute approximate surface area is 177 Å². The molecule has 3 aromatic carbocycles. The molecule has 2 N–H and O–H groups in total. The largest absolute Gasteiger partial charge is 0.491 e. The zero-order valence-electron chi connectivity index (χ0n) is 17.2. The highest BCUT2D eigenvalue weighted by atomic mass is 16.5. The van der Waals surface area contributed by atoms with E-state index < -0.39 is 0 Å². The summed E-state index contributed by atoms with van der Waals surface area (Å²) < 4.78 is 5.65. The van der Waals surface area contributed by atoms with E-state index in [9.17, 15) is 9.59 Å². The van der Waals surface area contributed by atoms with Crippen LogP contribution in [0.3, 0.4) is 0 Å². The van der Waals surface area contributed by atoms with Gasteiger partial charge >= 0.3 is 0 Å². The fourth-order valence-corrected chi connectivity index (χ4v) is 2.99. The van der Waals surface area contributed by atoms with Crippen LogP contribution in [0.2, 0.25) is 0 Å². The van der Waals surface area contributed by atoms with Crippen molar-refractivity contribution in [2.45, 2.75) is 32.8 Å². The second-order valence-electron chi connectivity index (χ2n) is 7.26. The Morgan fingerprint density at radius 1 is 0.833 bits per heavy atom. The van der Waals surface area contributed by atoms with Gasteiger partial charge in [-0.2, -0.15) is 0 Å². The molecule has 0 radical (unpaired) electrons.